The second-order valence-corrected chi connectivity index (χ2v) is 13.1. The molecule has 0 N–H and O–H groups in total. The molecule has 1 aromatic heterocycles. The van der Waals surface area contributed by atoms with Gasteiger partial charge in [-0.1, -0.05) is 20.8 Å². The molecule has 3 nitrogen and oxygen atoms in total. The van der Waals surface area contributed by atoms with Crippen LogP contribution in [0.2, 0.25) is 18.1 Å². The Morgan fingerprint density at radius 2 is 2.00 bits per heavy atom. The Bertz CT molecular complexity index is 551. The third-order valence-electron chi connectivity index (χ3n) is 4.82. The van der Waals surface area contributed by atoms with Gasteiger partial charge in [-0.2, -0.15) is 0 Å². The maximum Gasteiger partial charge on any atom is 0.278 e. The number of halogens is 1. The molecule has 0 aliphatic heterocycles. The van der Waals surface area contributed by atoms with Crippen LogP contribution in [0.25, 0.3) is 4.85 Å². The largest absolute Gasteiger partial charge is 0.413 e. The molecule has 1 fully saturated rings. The van der Waals surface area contributed by atoms with E-state index in [-0.39, 0.29) is 11.1 Å². The van der Waals surface area contributed by atoms with Crippen molar-refractivity contribution in [2.45, 2.75) is 63.4 Å². The third-order valence-corrected chi connectivity index (χ3v) is 9.82. The van der Waals surface area contributed by atoms with E-state index < -0.39 is 13.9 Å². The Morgan fingerprint density at radius 3 is 2.43 bits per heavy atom. The van der Waals surface area contributed by atoms with Gasteiger partial charge >= 0.3 is 0 Å². The van der Waals surface area contributed by atoms with E-state index in [9.17, 15) is 0 Å². The highest BCUT2D eigenvalue weighted by Crippen LogP contribution is 2.49. The van der Waals surface area contributed by atoms with Gasteiger partial charge in [0.2, 0.25) is 0 Å². The number of hydrogen-bond acceptors (Lipinski definition) is 2. The van der Waals surface area contributed by atoms with Crippen LogP contribution in [0.4, 0.5) is 0 Å². The Kier molecular flexibility index (Phi) is 4.36. The lowest BCUT2D eigenvalue weighted by Crippen LogP contribution is -2.52. The van der Waals surface area contributed by atoms with E-state index in [1.165, 1.54) is 0 Å². The average Bonchev–Trinajstić information content (AvgIpc) is 2.33. The zero-order valence-electron chi connectivity index (χ0n) is 13.4. The van der Waals surface area contributed by atoms with E-state index >= 15 is 0 Å². The van der Waals surface area contributed by atoms with Crippen molar-refractivity contribution in [3.63, 3.8) is 0 Å². The van der Waals surface area contributed by atoms with Crippen LogP contribution in [0.3, 0.4) is 0 Å². The van der Waals surface area contributed by atoms with Gasteiger partial charge in [-0.15, -0.1) is 0 Å². The fourth-order valence-electron chi connectivity index (χ4n) is 2.38. The molecule has 0 aromatic carbocycles. The van der Waals surface area contributed by atoms with Gasteiger partial charge in [0.05, 0.1) is 18.9 Å². The number of nitrogens with zero attached hydrogens (tertiary/aromatic N) is 2. The van der Waals surface area contributed by atoms with Crippen LogP contribution in [0.1, 0.15) is 39.3 Å². The summed E-state index contributed by atoms with van der Waals surface area (Å²) in [6.07, 6.45) is 3.49. The van der Waals surface area contributed by atoms with Crippen molar-refractivity contribution < 1.29 is 4.43 Å². The lowest BCUT2D eigenvalue weighted by Gasteiger charge is -2.45. The van der Waals surface area contributed by atoms with Crippen molar-refractivity contribution >= 4 is 24.2 Å². The fourth-order valence-corrected chi connectivity index (χ4v) is 3.97. The molecule has 0 unspecified atom stereocenters. The number of hydrogen-bond donors (Lipinski definition) is 0. The standard InChI is InChI=1S/C16H23BrN2OSi/c1-15(2,3)21(5,6)20-13-9-16(10-13,18-4)14-8-7-12(17)11-19-14/h7-8,11,13H,9-10H2,1-3,5-6H3. The van der Waals surface area contributed by atoms with E-state index in [1.54, 1.807) is 6.20 Å². The predicted molar refractivity (Wildman–Crippen MR) is 91.5 cm³/mol. The highest BCUT2D eigenvalue weighted by molar-refractivity contribution is 9.10. The smallest absolute Gasteiger partial charge is 0.278 e. The van der Waals surface area contributed by atoms with Gasteiger partial charge in [0.25, 0.3) is 5.54 Å². The Hall–Kier alpha value is -0.703. The summed E-state index contributed by atoms with van der Waals surface area (Å²) < 4.78 is 7.34. The van der Waals surface area contributed by atoms with Crippen LogP contribution in [-0.2, 0) is 9.96 Å². The van der Waals surface area contributed by atoms with E-state index in [0.29, 0.717) is 0 Å². The first-order valence-electron chi connectivity index (χ1n) is 7.28. The molecule has 0 amide bonds. The SMILES string of the molecule is [C-]#[N+]C1(c2ccc(Br)cn2)CC(O[Si](C)(C)C(C)(C)C)C1. The highest BCUT2D eigenvalue weighted by Gasteiger charge is 2.56. The predicted octanol–water partition coefficient (Wildman–Crippen LogP) is 5.14. The number of pyridine rings is 1. The molecule has 0 atom stereocenters. The summed E-state index contributed by atoms with van der Waals surface area (Å²) in [5, 5.41) is 0.208. The minimum atomic E-state index is -1.75. The topological polar surface area (TPSA) is 26.5 Å². The second kappa shape index (κ2) is 5.49. The molecular weight excluding hydrogens is 344 g/mol. The van der Waals surface area contributed by atoms with Crippen LogP contribution < -0.4 is 0 Å². The normalized spacial score (nSPS) is 26.0. The summed E-state index contributed by atoms with van der Waals surface area (Å²) in [6, 6.07) is 3.90. The van der Waals surface area contributed by atoms with Gasteiger partial charge in [-0.25, -0.2) is 6.57 Å². The molecule has 1 aliphatic carbocycles. The molecule has 1 heterocycles. The first-order valence-corrected chi connectivity index (χ1v) is 11.0. The Balaban J connectivity index is 2.07. The molecule has 2 rings (SSSR count). The summed E-state index contributed by atoms with van der Waals surface area (Å²) in [6.45, 7) is 18.8. The van der Waals surface area contributed by atoms with Crippen LogP contribution in [-0.4, -0.2) is 19.4 Å². The van der Waals surface area contributed by atoms with Gasteiger partial charge in [0, 0.05) is 10.7 Å². The summed E-state index contributed by atoms with van der Waals surface area (Å²) in [7, 11) is -1.75. The molecule has 5 heteroatoms. The minimum absolute atomic E-state index is 0.199. The van der Waals surface area contributed by atoms with Crippen LogP contribution in [0, 0.1) is 6.57 Å². The molecule has 0 saturated heterocycles. The minimum Gasteiger partial charge on any atom is -0.413 e. The molecule has 1 aliphatic rings. The number of aromatic nitrogens is 1. The lowest BCUT2D eigenvalue weighted by molar-refractivity contribution is 0.0477. The lowest BCUT2D eigenvalue weighted by atomic mass is 9.72. The first-order chi connectivity index (χ1) is 9.60. The summed E-state index contributed by atoms with van der Waals surface area (Å²) >= 11 is 3.39. The van der Waals surface area contributed by atoms with E-state index in [0.717, 1.165) is 23.0 Å². The van der Waals surface area contributed by atoms with Crippen LogP contribution in [0.15, 0.2) is 22.8 Å². The molecular formula is C16H23BrN2OSi. The van der Waals surface area contributed by atoms with Crippen molar-refractivity contribution in [2.75, 3.05) is 0 Å². The summed E-state index contributed by atoms with van der Waals surface area (Å²) in [5.74, 6) is 0. The van der Waals surface area contributed by atoms with Crippen molar-refractivity contribution in [3.8, 4) is 0 Å². The van der Waals surface area contributed by atoms with Gasteiger partial charge in [0.1, 0.15) is 5.69 Å². The second-order valence-electron chi connectivity index (χ2n) is 7.41. The fraction of sp³-hybridized carbons (Fsp3) is 0.625. The van der Waals surface area contributed by atoms with Gasteiger partial charge in [-0.05, 0) is 46.2 Å². The maximum atomic E-state index is 7.57. The first kappa shape index (κ1) is 16.7. The maximum absolute atomic E-state index is 7.57. The van der Waals surface area contributed by atoms with Crippen molar-refractivity contribution in [1.82, 2.24) is 4.98 Å². The monoisotopic (exact) mass is 366 g/mol. The third kappa shape index (κ3) is 3.23. The zero-order chi connectivity index (χ0) is 15.9. The van der Waals surface area contributed by atoms with Crippen LogP contribution in [0.5, 0.6) is 0 Å². The van der Waals surface area contributed by atoms with Gasteiger partial charge in [-0.3, -0.25) is 4.98 Å². The van der Waals surface area contributed by atoms with E-state index in [4.69, 9.17) is 11.0 Å². The molecule has 1 saturated carbocycles. The van der Waals surface area contributed by atoms with Gasteiger partial charge in [0.15, 0.2) is 8.32 Å². The summed E-state index contributed by atoms with van der Waals surface area (Å²) in [4.78, 5) is 8.29. The highest BCUT2D eigenvalue weighted by atomic mass is 79.9. The molecule has 0 bridgehead atoms. The van der Waals surface area contributed by atoms with Crippen molar-refractivity contribution in [1.29, 1.82) is 0 Å². The Labute approximate surface area is 137 Å². The molecule has 114 valence electrons. The zero-order valence-corrected chi connectivity index (χ0v) is 16.0. The van der Waals surface area contributed by atoms with Crippen LogP contribution >= 0.6 is 15.9 Å². The molecule has 21 heavy (non-hydrogen) atoms. The van der Waals surface area contributed by atoms with Gasteiger partial charge < -0.3 is 9.27 Å². The molecule has 1 aromatic rings. The number of rotatable bonds is 3. The average molecular weight is 367 g/mol. The quantitative estimate of drug-likeness (QED) is 0.546. The Morgan fingerprint density at radius 1 is 1.38 bits per heavy atom. The van der Waals surface area contributed by atoms with Crippen molar-refractivity contribution in [3.05, 3.63) is 39.9 Å². The van der Waals surface area contributed by atoms with E-state index in [2.05, 4.69) is 59.6 Å². The van der Waals surface area contributed by atoms with E-state index in [1.807, 2.05) is 12.1 Å². The summed E-state index contributed by atoms with van der Waals surface area (Å²) in [5.41, 5.74) is 0.393. The molecule has 0 radical (unpaired) electrons. The molecule has 0 spiro atoms. The van der Waals surface area contributed by atoms with Crippen molar-refractivity contribution in [2.24, 2.45) is 0 Å².